The van der Waals surface area contributed by atoms with Crippen LogP contribution < -0.4 is 25.1 Å². The summed E-state index contributed by atoms with van der Waals surface area (Å²) in [6.45, 7) is 5.25. The van der Waals surface area contributed by atoms with E-state index in [0.29, 0.717) is 63.6 Å². The highest BCUT2D eigenvalue weighted by Crippen LogP contribution is 2.33. The molecule has 4 rings (SSSR count). The van der Waals surface area contributed by atoms with E-state index in [4.69, 9.17) is 19.2 Å². The standard InChI is InChI=1S/C27H30N4O5S/c1-16(2)28-11-12-36-22-10-9-20(29-25(22)17-7-6-8-19(13-17)37(5)33)26-30-21-14-18(34-3)15-23(35-4)24(21)27(32)31-26/h6-10,13-16,28H,11-12H2,1-5H3,(H,30,31,32). The largest absolute Gasteiger partial charge is 0.612 e. The Morgan fingerprint density at radius 2 is 1.86 bits per heavy atom. The summed E-state index contributed by atoms with van der Waals surface area (Å²) in [7, 11) is 3.03. The van der Waals surface area contributed by atoms with E-state index >= 15 is 0 Å². The van der Waals surface area contributed by atoms with E-state index < -0.39 is 11.2 Å². The third-order valence-electron chi connectivity index (χ3n) is 5.65. The molecule has 9 nitrogen and oxygen atoms in total. The molecule has 0 radical (unpaired) electrons. The maximum atomic E-state index is 13.0. The highest BCUT2D eigenvalue weighted by Gasteiger charge is 2.17. The monoisotopic (exact) mass is 522 g/mol. The first-order chi connectivity index (χ1) is 17.8. The summed E-state index contributed by atoms with van der Waals surface area (Å²) in [6, 6.07) is 14.6. The number of nitrogens with zero attached hydrogens (tertiary/aromatic N) is 2. The number of aromatic nitrogens is 3. The van der Waals surface area contributed by atoms with Gasteiger partial charge in [-0.05, 0) is 29.4 Å². The maximum Gasteiger partial charge on any atom is 0.262 e. The van der Waals surface area contributed by atoms with Crippen LogP contribution in [0, 0.1) is 0 Å². The van der Waals surface area contributed by atoms with Crippen LogP contribution in [0.15, 0.2) is 58.2 Å². The van der Waals surface area contributed by atoms with Gasteiger partial charge in [-0.2, -0.15) is 0 Å². The smallest absolute Gasteiger partial charge is 0.262 e. The zero-order valence-electron chi connectivity index (χ0n) is 21.5. The highest BCUT2D eigenvalue weighted by atomic mass is 32.2. The quantitative estimate of drug-likeness (QED) is 0.238. The summed E-state index contributed by atoms with van der Waals surface area (Å²) in [5, 5.41) is 3.64. The first kappa shape index (κ1) is 26.5. The lowest BCUT2D eigenvalue weighted by molar-refractivity contribution is 0.309. The average molecular weight is 523 g/mol. The molecular formula is C27H30N4O5S. The lowest BCUT2D eigenvalue weighted by Gasteiger charge is -2.15. The Morgan fingerprint density at radius 1 is 1.05 bits per heavy atom. The molecule has 2 aromatic carbocycles. The number of rotatable bonds is 10. The lowest BCUT2D eigenvalue weighted by Crippen LogP contribution is -2.27. The van der Waals surface area contributed by atoms with Crippen LogP contribution in [-0.4, -0.2) is 59.2 Å². The van der Waals surface area contributed by atoms with Crippen molar-refractivity contribution in [1.82, 2.24) is 20.3 Å². The first-order valence-electron chi connectivity index (χ1n) is 11.8. The molecule has 0 saturated carbocycles. The van der Waals surface area contributed by atoms with Gasteiger partial charge in [0.1, 0.15) is 46.9 Å². The number of methoxy groups -OCH3 is 2. The fourth-order valence-corrected chi connectivity index (χ4v) is 4.41. The molecule has 0 aliphatic rings. The summed E-state index contributed by atoms with van der Waals surface area (Å²) in [4.78, 5) is 26.0. The topological polar surface area (TPSA) is 121 Å². The molecule has 0 spiro atoms. The Hall–Kier alpha value is -3.60. The molecule has 2 N–H and O–H groups in total. The Labute approximate surface area is 218 Å². The van der Waals surface area contributed by atoms with Gasteiger partial charge >= 0.3 is 0 Å². The number of aromatic amines is 1. The summed E-state index contributed by atoms with van der Waals surface area (Å²) >= 11 is -1.16. The Kier molecular flexibility index (Phi) is 8.32. The van der Waals surface area contributed by atoms with Crippen LogP contribution in [0.2, 0.25) is 0 Å². The van der Waals surface area contributed by atoms with Gasteiger partial charge in [0.05, 0.1) is 19.7 Å². The number of nitrogens with one attached hydrogen (secondary N) is 2. The number of benzene rings is 2. The van der Waals surface area contributed by atoms with E-state index in [1.807, 2.05) is 18.2 Å². The third-order valence-corrected chi connectivity index (χ3v) is 6.57. The zero-order chi connectivity index (χ0) is 26.5. The van der Waals surface area contributed by atoms with E-state index in [1.165, 1.54) is 14.2 Å². The minimum Gasteiger partial charge on any atom is -0.612 e. The average Bonchev–Trinajstić information content (AvgIpc) is 2.90. The molecule has 2 heterocycles. The predicted molar refractivity (Wildman–Crippen MR) is 145 cm³/mol. The van der Waals surface area contributed by atoms with Crippen molar-refractivity contribution in [2.45, 2.75) is 24.8 Å². The molecule has 0 bridgehead atoms. The summed E-state index contributed by atoms with van der Waals surface area (Å²) in [6.07, 6.45) is 1.63. The number of hydrogen-bond acceptors (Lipinski definition) is 8. The molecule has 0 aliphatic heterocycles. The second kappa shape index (κ2) is 11.6. The number of H-pyrrole nitrogens is 1. The second-order valence-electron chi connectivity index (χ2n) is 8.62. The highest BCUT2D eigenvalue weighted by molar-refractivity contribution is 7.90. The van der Waals surface area contributed by atoms with Crippen LogP contribution in [0.5, 0.6) is 17.2 Å². The van der Waals surface area contributed by atoms with Gasteiger partial charge in [-0.25, -0.2) is 9.97 Å². The van der Waals surface area contributed by atoms with Gasteiger partial charge in [0.15, 0.2) is 10.7 Å². The summed E-state index contributed by atoms with van der Waals surface area (Å²) in [5.41, 5.74) is 1.81. The van der Waals surface area contributed by atoms with Gasteiger partial charge < -0.3 is 29.1 Å². The van der Waals surface area contributed by atoms with Gasteiger partial charge in [-0.3, -0.25) is 4.79 Å². The van der Waals surface area contributed by atoms with Gasteiger partial charge in [-0.1, -0.05) is 26.0 Å². The van der Waals surface area contributed by atoms with Crippen LogP contribution in [-0.2, 0) is 11.2 Å². The molecule has 0 amide bonds. The third kappa shape index (κ3) is 6.04. The number of fused-ring (bicyclic) bond motifs is 1. The van der Waals surface area contributed by atoms with Crippen LogP contribution in [0.3, 0.4) is 0 Å². The molecule has 1 unspecified atom stereocenters. The van der Waals surface area contributed by atoms with Crippen molar-refractivity contribution in [3.8, 4) is 40.0 Å². The van der Waals surface area contributed by atoms with Crippen molar-refractivity contribution >= 4 is 22.1 Å². The number of hydrogen-bond donors (Lipinski definition) is 2. The van der Waals surface area contributed by atoms with Gasteiger partial charge in [0.25, 0.3) is 5.56 Å². The molecule has 1 atom stereocenters. The molecule has 0 saturated heterocycles. The zero-order valence-corrected chi connectivity index (χ0v) is 22.3. The van der Waals surface area contributed by atoms with Crippen LogP contribution >= 0.6 is 0 Å². The van der Waals surface area contributed by atoms with Crippen LogP contribution in [0.4, 0.5) is 0 Å². The van der Waals surface area contributed by atoms with Crippen molar-refractivity contribution in [2.75, 3.05) is 33.6 Å². The maximum absolute atomic E-state index is 13.0. The normalized spacial score (nSPS) is 12.1. The fraction of sp³-hybridized carbons (Fsp3) is 0.296. The van der Waals surface area contributed by atoms with E-state index in [1.54, 1.807) is 36.6 Å². The van der Waals surface area contributed by atoms with Gasteiger partial charge in [0, 0.05) is 36.3 Å². The van der Waals surface area contributed by atoms with Crippen molar-refractivity contribution in [3.63, 3.8) is 0 Å². The summed E-state index contributed by atoms with van der Waals surface area (Å²) < 4.78 is 28.9. The molecule has 4 aromatic rings. The molecule has 0 aliphatic carbocycles. The van der Waals surface area contributed by atoms with E-state index in [2.05, 4.69) is 29.1 Å². The fourth-order valence-electron chi connectivity index (χ4n) is 3.84. The van der Waals surface area contributed by atoms with Crippen LogP contribution in [0.1, 0.15) is 13.8 Å². The minimum atomic E-state index is -1.16. The predicted octanol–water partition coefficient (Wildman–Crippen LogP) is 3.78. The number of ether oxygens (including phenoxy) is 3. The summed E-state index contributed by atoms with van der Waals surface area (Å²) in [5.74, 6) is 1.74. The van der Waals surface area contributed by atoms with Crippen molar-refractivity contribution in [3.05, 3.63) is 58.9 Å². The molecule has 0 fully saturated rings. The van der Waals surface area contributed by atoms with Gasteiger partial charge in [-0.15, -0.1) is 0 Å². The molecule has 2 aromatic heterocycles. The van der Waals surface area contributed by atoms with Crippen molar-refractivity contribution in [2.24, 2.45) is 0 Å². The molecule has 194 valence electrons. The Bertz CT molecular complexity index is 1450. The Morgan fingerprint density at radius 3 is 2.57 bits per heavy atom. The van der Waals surface area contributed by atoms with E-state index in [0.717, 1.165) is 5.56 Å². The van der Waals surface area contributed by atoms with Crippen molar-refractivity contribution in [1.29, 1.82) is 0 Å². The number of pyridine rings is 1. The second-order valence-corrected chi connectivity index (χ2v) is 10.0. The molecular weight excluding hydrogens is 492 g/mol. The van der Waals surface area contributed by atoms with E-state index in [-0.39, 0.29) is 11.4 Å². The first-order valence-corrected chi connectivity index (χ1v) is 13.3. The van der Waals surface area contributed by atoms with Crippen LogP contribution in [0.25, 0.3) is 33.7 Å². The van der Waals surface area contributed by atoms with Crippen molar-refractivity contribution < 1.29 is 18.8 Å². The van der Waals surface area contributed by atoms with E-state index in [9.17, 15) is 9.35 Å². The van der Waals surface area contributed by atoms with Gasteiger partial charge in [0.2, 0.25) is 0 Å². The minimum absolute atomic E-state index is 0.289. The SMILES string of the molecule is COc1cc(OC)c2c(=O)[nH]c(-c3ccc(OCCNC(C)C)c(-c4cccc([S+](C)[O-])c4)n3)nc2c1. The Balaban J connectivity index is 1.81. The molecule has 10 heteroatoms. The molecule has 37 heavy (non-hydrogen) atoms. The lowest BCUT2D eigenvalue weighted by atomic mass is 10.1.